The molecule has 2 aromatic carbocycles. The Balaban J connectivity index is 1.77. The van der Waals surface area contributed by atoms with Crippen molar-refractivity contribution in [1.29, 1.82) is 0 Å². The van der Waals surface area contributed by atoms with Gasteiger partial charge >= 0.3 is 0 Å². The van der Waals surface area contributed by atoms with Crippen LogP contribution in [0.3, 0.4) is 0 Å². The van der Waals surface area contributed by atoms with Gasteiger partial charge in [-0.2, -0.15) is 0 Å². The Hall–Kier alpha value is -2.62. The highest BCUT2D eigenvalue weighted by atomic mass is 16.2. The predicted octanol–water partition coefficient (Wildman–Crippen LogP) is 4.78. The summed E-state index contributed by atoms with van der Waals surface area (Å²) in [4.78, 5) is 25.7. The van der Waals surface area contributed by atoms with Gasteiger partial charge in [0.2, 0.25) is 11.8 Å². The molecule has 0 heterocycles. The van der Waals surface area contributed by atoms with E-state index in [1.54, 1.807) is 0 Å². The Bertz CT molecular complexity index is 851. The van der Waals surface area contributed by atoms with E-state index >= 15 is 0 Å². The van der Waals surface area contributed by atoms with Crippen molar-refractivity contribution in [3.63, 3.8) is 0 Å². The van der Waals surface area contributed by atoms with Gasteiger partial charge in [-0.3, -0.25) is 9.59 Å². The van der Waals surface area contributed by atoms with Crippen molar-refractivity contribution in [1.82, 2.24) is 0 Å². The van der Waals surface area contributed by atoms with E-state index in [1.807, 2.05) is 56.3 Å². The first-order chi connectivity index (χ1) is 12.3. The van der Waals surface area contributed by atoms with Crippen molar-refractivity contribution in [3.05, 3.63) is 59.2 Å². The molecule has 0 radical (unpaired) electrons. The molecule has 4 heteroatoms. The van der Waals surface area contributed by atoms with Crippen molar-refractivity contribution in [2.45, 2.75) is 46.5 Å². The molecule has 0 atom stereocenters. The van der Waals surface area contributed by atoms with Gasteiger partial charge in [-0.1, -0.05) is 44.2 Å². The molecule has 0 saturated heterocycles. The largest absolute Gasteiger partial charge is 0.325 e. The van der Waals surface area contributed by atoms with Crippen LogP contribution in [0.15, 0.2) is 42.5 Å². The van der Waals surface area contributed by atoms with Gasteiger partial charge in [0, 0.05) is 11.4 Å². The molecule has 136 valence electrons. The van der Waals surface area contributed by atoms with Crippen LogP contribution in [0.1, 0.15) is 49.3 Å². The SMILES string of the molecule is Cc1cccc(NC(=O)C2(C(=O)Nc3ccccc3C(C)C)CC2)c1C. The normalized spacial score (nSPS) is 14.8. The highest BCUT2D eigenvalue weighted by Gasteiger charge is 2.56. The number of amides is 2. The number of rotatable bonds is 5. The number of benzene rings is 2. The van der Waals surface area contributed by atoms with Crippen LogP contribution in [-0.4, -0.2) is 11.8 Å². The molecule has 1 aliphatic rings. The minimum atomic E-state index is -0.958. The number of carbonyl (C=O) groups is 2. The molecule has 0 aromatic heterocycles. The van der Waals surface area contributed by atoms with E-state index in [0.717, 1.165) is 28.1 Å². The van der Waals surface area contributed by atoms with Gasteiger partial charge < -0.3 is 10.6 Å². The summed E-state index contributed by atoms with van der Waals surface area (Å²) in [5, 5.41) is 5.95. The molecule has 2 amide bonds. The van der Waals surface area contributed by atoms with Crippen LogP contribution in [0.2, 0.25) is 0 Å². The van der Waals surface area contributed by atoms with Crippen molar-refractivity contribution < 1.29 is 9.59 Å². The molecule has 0 spiro atoms. The van der Waals surface area contributed by atoms with E-state index in [2.05, 4.69) is 24.5 Å². The minimum absolute atomic E-state index is 0.214. The smallest absolute Gasteiger partial charge is 0.240 e. The van der Waals surface area contributed by atoms with Crippen molar-refractivity contribution in [2.75, 3.05) is 10.6 Å². The molecule has 1 aliphatic carbocycles. The first-order valence-corrected chi connectivity index (χ1v) is 9.13. The van der Waals surface area contributed by atoms with Crippen LogP contribution in [0.25, 0.3) is 0 Å². The Morgan fingerprint density at radius 2 is 1.46 bits per heavy atom. The molecule has 26 heavy (non-hydrogen) atoms. The molecule has 1 fully saturated rings. The maximum Gasteiger partial charge on any atom is 0.240 e. The van der Waals surface area contributed by atoms with Crippen LogP contribution in [-0.2, 0) is 9.59 Å². The second-order valence-electron chi connectivity index (χ2n) is 7.48. The van der Waals surface area contributed by atoms with E-state index in [1.165, 1.54) is 0 Å². The molecule has 2 N–H and O–H groups in total. The lowest BCUT2D eigenvalue weighted by molar-refractivity contribution is -0.131. The Labute approximate surface area is 155 Å². The number of carbonyl (C=O) groups excluding carboxylic acids is 2. The molecule has 0 unspecified atom stereocenters. The zero-order chi connectivity index (χ0) is 18.9. The summed E-state index contributed by atoms with van der Waals surface area (Å²) in [5.41, 5.74) is 3.83. The van der Waals surface area contributed by atoms with E-state index in [0.29, 0.717) is 18.8 Å². The molecule has 1 saturated carbocycles. The third-order valence-corrected chi connectivity index (χ3v) is 5.30. The number of hydrogen-bond acceptors (Lipinski definition) is 2. The summed E-state index contributed by atoms with van der Waals surface area (Å²) >= 11 is 0. The summed E-state index contributed by atoms with van der Waals surface area (Å²) in [6, 6.07) is 13.6. The van der Waals surface area contributed by atoms with Gasteiger partial charge in [-0.15, -0.1) is 0 Å². The maximum absolute atomic E-state index is 12.9. The molecular weight excluding hydrogens is 324 g/mol. The number of nitrogens with one attached hydrogen (secondary N) is 2. The zero-order valence-corrected chi connectivity index (χ0v) is 15.8. The van der Waals surface area contributed by atoms with Gasteiger partial charge in [0.05, 0.1) is 0 Å². The lowest BCUT2D eigenvalue weighted by Crippen LogP contribution is -2.36. The quantitative estimate of drug-likeness (QED) is 0.762. The summed E-state index contributed by atoms with van der Waals surface area (Å²) < 4.78 is 0. The fourth-order valence-corrected chi connectivity index (χ4v) is 3.17. The lowest BCUT2D eigenvalue weighted by Gasteiger charge is -2.19. The molecule has 0 bridgehead atoms. The van der Waals surface area contributed by atoms with E-state index in [9.17, 15) is 9.59 Å². The zero-order valence-electron chi connectivity index (χ0n) is 15.8. The Kier molecular flexibility index (Phi) is 4.86. The molecular formula is C22H26N2O2. The highest BCUT2D eigenvalue weighted by Crippen LogP contribution is 2.48. The monoisotopic (exact) mass is 350 g/mol. The standard InChI is InChI=1S/C22H26N2O2/c1-14(2)17-9-5-6-10-19(17)24-21(26)22(12-13-22)20(25)23-18-11-7-8-15(3)16(18)4/h5-11,14H,12-13H2,1-4H3,(H,23,25)(H,24,26). The summed E-state index contributed by atoms with van der Waals surface area (Å²) in [6.45, 7) is 8.16. The number of anilines is 2. The fourth-order valence-electron chi connectivity index (χ4n) is 3.17. The minimum Gasteiger partial charge on any atom is -0.325 e. The predicted molar refractivity (Wildman–Crippen MR) is 105 cm³/mol. The van der Waals surface area contributed by atoms with Crippen molar-refractivity contribution in [2.24, 2.45) is 5.41 Å². The summed E-state index contributed by atoms with van der Waals surface area (Å²) in [6.07, 6.45) is 1.17. The van der Waals surface area contributed by atoms with Gasteiger partial charge in [0.1, 0.15) is 5.41 Å². The van der Waals surface area contributed by atoms with E-state index in [4.69, 9.17) is 0 Å². The van der Waals surface area contributed by atoms with Crippen LogP contribution in [0.4, 0.5) is 11.4 Å². The summed E-state index contributed by atoms with van der Waals surface area (Å²) in [7, 11) is 0. The third kappa shape index (κ3) is 3.36. The van der Waals surface area contributed by atoms with Crippen molar-refractivity contribution in [3.8, 4) is 0 Å². The molecule has 4 nitrogen and oxygen atoms in total. The Morgan fingerprint density at radius 3 is 2.08 bits per heavy atom. The third-order valence-electron chi connectivity index (χ3n) is 5.30. The van der Waals surface area contributed by atoms with Gasteiger partial charge in [-0.25, -0.2) is 0 Å². The number of para-hydroxylation sites is 1. The lowest BCUT2D eigenvalue weighted by atomic mass is 9.99. The van der Waals surface area contributed by atoms with Gasteiger partial charge in [-0.05, 0) is 61.4 Å². The molecule has 3 rings (SSSR count). The van der Waals surface area contributed by atoms with Gasteiger partial charge in [0.15, 0.2) is 0 Å². The highest BCUT2D eigenvalue weighted by molar-refractivity contribution is 6.17. The first-order valence-electron chi connectivity index (χ1n) is 9.13. The van der Waals surface area contributed by atoms with E-state index < -0.39 is 5.41 Å². The summed E-state index contributed by atoms with van der Waals surface area (Å²) in [5.74, 6) is -0.135. The second kappa shape index (κ2) is 6.94. The second-order valence-corrected chi connectivity index (χ2v) is 7.48. The topological polar surface area (TPSA) is 58.2 Å². The van der Waals surface area contributed by atoms with Crippen LogP contribution < -0.4 is 10.6 Å². The van der Waals surface area contributed by atoms with Crippen molar-refractivity contribution >= 4 is 23.2 Å². The van der Waals surface area contributed by atoms with Crippen LogP contribution in [0, 0.1) is 19.3 Å². The van der Waals surface area contributed by atoms with Gasteiger partial charge in [0.25, 0.3) is 0 Å². The molecule has 0 aliphatic heterocycles. The average molecular weight is 350 g/mol. The maximum atomic E-state index is 12.9. The van der Waals surface area contributed by atoms with Crippen LogP contribution in [0.5, 0.6) is 0 Å². The first kappa shape index (κ1) is 18.2. The van der Waals surface area contributed by atoms with E-state index in [-0.39, 0.29) is 11.8 Å². The average Bonchev–Trinajstić information content (AvgIpc) is 3.41. The fraction of sp³-hybridized carbons (Fsp3) is 0.364. The number of aryl methyl sites for hydroxylation is 1. The number of hydrogen-bond donors (Lipinski definition) is 2. The Morgan fingerprint density at radius 1 is 0.885 bits per heavy atom. The van der Waals surface area contributed by atoms with Crippen LogP contribution >= 0.6 is 0 Å². The molecule has 2 aromatic rings.